The van der Waals surface area contributed by atoms with Crippen LogP contribution in [0.25, 0.3) is 0 Å². The van der Waals surface area contributed by atoms with E-state index in [4.69, 9.17) is 19.9 Å². The number of alkyl halides is 3. The van der Waals surface area contributed by atoms with Crippen molar-refractivity contribution in [2.24, 2.45) is 0 Å². The Balaban J connectivity index is 1.68. The molecule has 0 amide bonds. The van der Waals surface area contributed by atoms with E-state index in [1.807, 2.05) is 0 Å². The van der Waals surface area contributed by atoms with Crippen molar-refractivity contribution in [1.82, 2.24) is 9.97 Å². The lowest BCUT2D eigenvalue weighted by Gasteiger charge is -2.10. The fourth-order valence-electron chi connectivity index (χ4n) is 2.12. The number of anilines is 1. The normalized spacial score (nSPS) is 11.1. The molecule has 0 saturated carbocycles. The van der Waals surface area contributed by atoms with E-state index in [-0.39, 0.29) is 23.5 Å². The number of aromatic nitrogens is 2. The third-order valence-electron chi connectivity index (χ3n) is 3.37. The zero-order valence-electron chi connectivity index (χ0n) is 14.0. The van der Waals surface area contributed by atoms with Crippen LogP contribution in [0.1, 0.15) is 5.56 Å². The van der Waals surface area contributed by atoms with Gasteiger partial charge in [-0.1, -0.05) is 0 Å². The predicted molar refractivity (Wildman–Crippen MR) is 91.0 cm³/mol. The van der Waals surface area contributed by atoms with Gasteiger partial charge in [-0.15, -0.1) is 0 Å². The molecule has 3 rings (SSSR count). The minimum atomic E-state index is -4.38. The second-order valence-electron chi connectivity index (χ2n) is 5.30. The van der Waals surface area contributed by atoms with Gasteiger partial charge in [-0.25, -0.2) is 0 Å². The molecule has 27 heavy (non-hydrogen) atoms. The third-order valence-corrected chi connectivity index (χ3v) is 3.37. The van der Waals surface area contributed by atoms with Gasteiger partial charge in [0, 0.05) is 0 Å². The Morgan fingerprint density at radius 2 is 1.26 bits per heavy atom. The molecule has 140 valence electrons. The molecular weight excluding hydrogens is 363 g/mol. The average molecular weight is 377 g/mol. The summed E-state index contributed by atoms with van der Waals surface area (Å²) in [4.78, 5) is 7.79. The highest BCUT2D eigenvalue weighted by atomic mass is 19.4. The Morgan fingerprint density at radius 1 is 0.778 bits per heavy atom. The van der Waals surface area contributed by atoms with Crippen LogP contribution in [0.5, 0.6) is 29.0 Å². The molecule has 0 unspecified atom stereocenters. The number of ether oxygens (including phenoxy) is 3. The second kappa shape index (κ2) is 7.40. The number of rotatable bonds is 5. The number of hydrogen-bond donors (Lipinski definition) is 1. The van der Waals surface area contributed by atoms with E-state index in [2.05, 4.69) is 9.97 Å². The summed E-state index contributed by atoms with van der Waals surface area (Å²) < 4.78 is 53.8. The number of hydrogen-bond acceptors (Lipinski definition) is 6. The Labute approximate surface area is 152 Å². The van der Waals surface area contributed by atoms with Gasteiger partial charge in [0.15, 0.2) is 0 Å². The van der Waals surface area contributed by atoms with Crippen LogP contribution < -0.4 is 19.9 Å². The SMILES string of the molecule is COc1cc(Oc2ccc(Oc3ccc(C(F)(F)F)cc3)cc2)nc(N)n1. The van der Waals surface area contributed by atoms with Crippen LogP contribution in [0.4, 0.5) is 19.1 Å². The minimum Gasteiger partial charge on any atom is -0.481 e. The zero-order valence-corrected chi connectivity index (χ0v) is 14.0. The lowest BCUT2D eigenvalue weighted by molar-refractivity contribution is -0.137. The predicted octanol–water partition coefficient (Wildman–Crippen LogP) is 4.67. The minimum absolute atomic E-state index is 0.00612. The van der Waals surface area contributed by atoms with Crippen LogP contribution in [0.3, 0.4) is 0 Å². The van der Waals surface area contributed by atoms with Crippen LogP contribution in [0, 0.1) is 0 Å². The molecule has 0 aliphatic rings. The average Bonchev–Trinajstić information content (AvgIpc) is 2.62. The first-order valence-corrected chi connectivity index (χ1v) is 7.65. The Bertz CT molecular complexity index is 914. The van der Waals surface area contributed by atoms with Crippen molar-refractivity contribution in [2.45, 2.75) is 6.18 Å². The summed E-state index contributed by atoms with van der Waals surface area (Å²) in [7, 11) is 1.44. The third kappa shape index (κ3) is 4.78. The van der Waals surface area contributed by atoms with E-state index in [0.29, 0.717) is 11.5 Å². The summed E-state index contributed by atoms with van der Waals surface area (Å²) in [6.07, 6.45) is -4.38. The van der Waals surface area contributed by atoms with Gasteiger partial charge in [0.1, 0.15) is 17.2 Å². The molecule has 1 heterocycles. The van der Waals surface area contributed by atoms with Gasteiger partial charge in [0.2, 0.25) is 17.7 Å². The number of nitrogens with zero attached hydrogens (tertiary/aromatic N) is 2. The molecule has 1 aromatic heterocycles. The summed E-state index contributed by atoms with van der Waals surface area (Å²) in [5.74, 6) is 1.64. The lowest BCUT2D eigenvalue weighted by Crippen LogP contribution is -2.03. The fourth-order valence-corrected chi connectivity index (χ4v) is 2.12. The first-order valence-electron chi connectivity index (χ1n) is 7.65. The number of halogens is 3. The van der Waals surface area contributed by atoms with Crippen LogP contribution in [-0.2, 0) is 6.18 Å². The first-order chi connectivity index (χ1) is 12.8. The monoisotopic (exact) mass is 377 g/mol. The Morgan fingerprint density at radius 3 is 1.78 bits per heavy atom. The molecule has 3 aromatic rings. The van der Waals surface area contributed by atoms with Crippen molar-refractivity contribution in [3.8, 4) is 29.0 Å². The number of nitrogen functional groups attached to an aromatic ring is 1. The van der Waals surface area contributed by atoms with Crippen molar-refractivity contribution in [3.63, 3.8) is 0 Å². The highest BCUT2D eigenvalue weighted by Gasteiger charge is 2.30. The van der Waals surface area contributed by atoms with Crippen LogP contribution >= 0.6 is 0 Å². The highest BCUT2D eigenvalue weighted by molar-refractivity contribution is 5.39. The van der Waals surface area contributed by atoms with E-state index < -0.39 is 11.7 Å². The number of methoxy groups -OCH3 is 1. The van der Waals surface area contributed by atoms with Gasteiger partial charge in [-0.3, -0.25) is 0 Å². The van der Waals surface area contributed by atoms with Gasteiger partial charge >= 0.3 is 6.18 Å². The maximum atomic E-state index is 12.6. The lowest BCUT2D eigenvalue weighted by atomic mass is 10.2. The standard InChI is InChI=1S/C18H14F3N3O3/c1-25-15-10-16(24-17(22)23-15)27-14-8-6-13(7-9-14)26-12-4-2-11(3-5-12)18(19,20)21/h2-10H,1H3,(H2,22,23,24). The smallest absolute Gasteiger partial charge is 0.416 e. The molecule has 0 saturated heterocycles. The van der Waals surface area contributed by atoms with Crippen molar-refractivity contribution in [1.29, 1.82) is 0 Å². The zero-order chi connectivity index (χ0) is 19.4. The molecule has 0 aliphatic heterocycles. The maximum absolute atomic E-state index is 12.6. The van der Waals surface area contributed by atoms with Gasteiger partial charge < -0.3 is 19.9 Å². The molecule has 0 spiro atoms. The molecule has 0 aliphatic carbocycles. The van der Waals surface area contributed by atoms with Crippen LogP contribution in [0.15, 0.2) is 54.6 Å². The Hall–Kier alpha value is -3.49. The largest absolute Gasteiger partial charge is 0.481 e. The molecule has 2 N–H and O–H groups in total. The molecule has 0 atom stereocenters. The van der Waals surface area contributed by atoms with Gasteiger partial charge in [0.05, 0.1) is 18.7 Å². The number of benzene rings is 2. The molecule has 2 aromatic carbocycles. The van der Waals surface area contributed by atoms with Crippen molar-refractivity contribution < 1.29 is 27.4 Å². The van der Waals surface area contributed by atoms with Gasteiger partial charge in [0.25, 0.3) is 0 Å². The quantitative estimate of drug-likeness (QED) is 0.696. The summed E-state index contributed by atoms with van der Waals surface area (Å²) >= 11 is 0. The summed E-state index contributed by atoms with van der Waals surface area (Å²) in [6, 6.07) is 12.3. The van der Waals surface area contributed by atoms with Gasteiger partial charge in [-0.05, 0) is 48.5 Å². The molecule has 0 radical (unpaired) electrons. The van der Waals surface area contributed by atoms with E-state index in [0.717, 1.165) is 12.1 Å². The summed E-state index contributed by atoms with van der Waals surface area (Å²) in [6.45, 7) is 0. The summed E-state index contributed by atoms with van der Waals surface area (Å²) in [5, 5.41) is 0. The van der Waals surface area contributed by atoms with Crippen molar-refractivity contribution in [2.75, 3.05) is 12.8 Å². The molecule has 6 nitrogen and oxygen atoms in total. The topological polar surface area (TPSA) is 79.5 Å². The van der Waals surface area contributed by atoms with E-state index in [1.165, 1.54) is 25.3 Å². The van der Waals surface area contributed by atoms with Crippen LogP contribution in [0.2, 0.25) is 0 Å². The van der Waals surface area contributed by atoms with E-state index in [1.54, 1.807) is 24.3 Å². The molecule has 9 heteroatoms. The molecule has 0 fully saturated rings. The van der Waals surface area contributed by atoms with E-state index >= 15 is 0 Å². The maximum Gasteiger partial charge on any atom is 0.416 e. The van der Waals surface area contributed by atoms with Gasteiger partial charge in [-0.2, -0.15) is 23.1 Å². The molecular formula is C18H14F3N3O3. The van der Waals surface area contributed by atoms with Crippen molar-refractivity contribution in [3.05, 3.63) is 60.2 Å². The first kappa shape index (κ1) is 18.3. The molecule has 0 bridgehead atoms. The van der Waals surface area contributed by atoms with E-state index in [9.17, 15) is 13.2 Å². The Kier molecular flexibility index (Phi) is 5.02. The van der Waals surface area contributed by atoms with Crippen LogP contribution in [-0.4, -0.2) is 17.1 Å². The second-order valence-corrected chi connectivity index (χ2v) is 5.30. The number of nitrogens with two attached hydrogens (primary N) is 1. The highest BCUT2D eigenvalue weighted by Crippen LogP contribution is 2.32. The van der Waals surface area contributed by atoms with Crippen molar-refractivity contribution >= 4 is 5.95 Å². The summed E-state index contributed by atoms with van der Waals surface area (Å²) in [5.41, 5.74) is 4.83. The fraction of sp³-hybridized carbons (Fsp3) is 0.111.